The van der Waals surface area contributed by atoms with E-state index in [1.54, 1.807) is 36.4 Å². The second-order valence-corrected chi connectivity index (χ2v) is 7.33. The molecule has 146 valence electrons. The van der Waals surface area contributed by atoms with Crippen molar-refractivity contribution in [1.82, 2.24) is 0 Å². The molecule has 0 spiro atoms. The average Bonchev–Trinajstić information content (AvgIpc) is 3.05. The minimum atomic E-state index is -0.446. The number of carbonyl (C=O) groups excluding carboxylic acids is 2. The summed E-state index contributed by atoms with van der Waals surface area (Å²) in [6.45, 7) is 2.46. The summed E-state index contributed by atoms with van der Waals surface area (Å²) >= 11 is 7.36. The third-order valence-electron chi connectivity index (χ3n) is 3.84. The van der Waals surface area contributed by atoms with Crippen molar-refractivity contribution in [1.29, 1.82) is 0 Å². The van der Waals surface area contributed by atoms with Crippen LogP contribution in [0.2, 0.25) is 5.02 Å². The second kappa shape index (κ2) is 8.95. The van der Waals surface area contributed by atoms with E-state index in [9.17, 15) is 9.59 Å². The molecule has 2 N–H and O–H groups in total. The number of methoxy groups -OCH3 is 1. The predicted molar refractivity (Wildman–Crippen MR) is 113 cm³/mol. The van der Waals surface area contributed by atoms with E-state index >= 15 is 0 Å². The first-order valence-electron chi connectivity index (χ1n) is 8.63. The highest BCUT2D eigenvalue weighted by Crippen LogP contribution is 2.39. The smallest absolute Gasteiger partial charge is 0.351 e. The van der Waals surface area contributed by atoms with Crippen molar-refractivity contribution in [3.8, 4) is 5.75 Å². The van der Waals surface area contributed by atoms with Crippen LogP contribution in [0.25, 0.3) is 10.1 Å². The van der Waals surface area contributed by atoms with E-state index in [0.29, 0.717) is 33.6 Å². The number of urea groups is 1. The Bertz CT molecular complexity index is 1020. The Morgan fingerprint density at radius 2 is 1.93 bits per heavy atom. The molecule has 2 amide bonds. The number of nitrogens with one attached hydrogen (secondary N) is 2. The van der Waals surface area contributed by atoms with E-state index in [1.807, 2.05) is 13.0 Å². The Morgan fingerprint density at radius 3 is 2.64 bits per heavy atom. The van der Waals surface area contributed by atoms with Crippen LogP contribution in [0.3, 0.4) is 0 Å². The number of halogens is 1. The molecule has 0 aliphatic heterocycles. The van der Waals surface area contributed by atoms with Gasteiger partial charge in [0.05, 0.1) is 24.4 Å². The van der Waals surface area contributed by atoms with Crippen LogP contribution in [-0.4, -0.2) is 25.7 Å². The molecule has 0 aliphatic rings. The molecule has 28 heavy (non-hydrogen) atoms. The average molecular weight is 419 g/mol. The van der Waals surface area contributed by atoms with Crippen LogP contribution in [0.15, 0.2) is 42.5 Å². The lowest BCUT2D eigenvalue weighted by Gasteiger charge is -2.10. The maximum absolute atomic E-state index is 12.3. The van der Waals surface area contributed by atoms with Gasteiger partial charge in [-0.2, -0.15) is 0 Å². The van der Waals surface area contributed by atoms with Crippen LogP contribution in [0, 0.1) is 0 Å². The lowest BCUT2D eigenvalue weighted by Crippen LogP contribution is -2.19. The highest BCUT2D eigenvalue weighted by atomic mass is 35.5. The van der Waals surface area contributed by atoms with Crippen LogP contribution < -0.4 is 15.4 Å². The topological polar surface area (TPSA) is 76.7 Å². The van der Waals surface area contributed by atoms with Gasteiger partial charge in [-0.3, -0.25) is 0 Å². The third-order valence-corrected chi connectivity index (χ3v) is 5.31. The number of hydrogen-bond donors (Lipinski definition) is 2. The number of hydrogen-bond acceptors (Lipinski definition) is 5. The maximum Gasteiger partial charge on any atom is 0.351 e. The third kappa shape index (κ3) is 4.37. The van der Waals surface area contributed by atoms with Crippen molar-refractivity contribution in [3.63, 3.8) is 0 Å². The number of esters is 1. The zero-order valence-electron chi connectivity index (χ0n) is 15.4. The van der Waals surface area contributed by atoms with Gasteiger partial charge in [-0.25, -0.2) is 9.59 Å². The number of para-hydroxylation sites is 1. The Kier molecular flexibility index (Phi) is 6.38. The quantitative estimate of drug-likeness (QED) is 0.498. The molecule has 3 rings (SSSR count). The van der Waals surface area contributed by atoms with Gasteiger partial charge in [-0.05, 0) is 36.8 Å². The Morgan fingerprint density at radius 1 is 1.14 bits per heavy atom. The minimum Gasteiger partial charge on any atom is -0.491 e. The molecule has 1 aromatic heterocycles. The summed E-state index contributed by atoms with van der Waals surface area (Å²) in [4.78, 5) is 24.8. The van der Waals surface area contributed by atoms with E-state index in [0.717, 1.165) is 16.5 Å². The highest BCUT2D eigenvalue weighted by molar-refractivity contribution is 7.21. The monoisotopic (exact) mass is 418 g/mol. The number of ether oxygens (including phenoxy) is 2. The van der Waals surface area contributed by atoms with Crippen molar-refractivity contribution in [2.45, 2.75) is 13.3 Å². The van der Waals surface area contributed by atoms with Crippen LogP contribution in [0.4, 0.5) is 16.2 Å². The number of thiophene rings is 1. The molecular formula is C20H19ClN2O4S. The largest absolute Gasteiger partial charge is 0.491 e. The fourth-order valence-electron chi connectivity index (χ4n) is 2.57. The van der Waals surface area contributed by atoms with Crippen LogP contribution in [-0.2, 0) is 4.74 Å². The molecule has 0 aliphatic carbocycles. The molecule has 0 unspecified atom stereocenters. The molecule has 0 bridgehead atoms. The molecule has 3 aromatic rings. The van der Waals surface area contributed by atoms with Crippen molar-refractivity contribution in [2.24, 2.45) is 0 Å². The molecule has 8 heteroatoms. The molecule has 2 aromatic carbocycles. The molecule has 0 saturated carbocycles. The van der Waals surface area contributed by atoms with E-state index in [1.165, 1.54) is 18.4 Å². The SMILES string of the molecule is CCCOc1c(C(=O)OC)sc2ccc(NC(=O)Nc3ccccc3Cl)cc12. The first-order valence-corrected chi connectivity index (χ1v) is 9.83. The predicted octanol–water partition coefficient (Wildman–Crippen LogP) is 5.77. The van der Waals surface area contributed by atoms with Gasteiger partial charge in [-0.15, -0.1) is 11.3 Å². The lowest BCUT2D eigenvalue weighted by molar-refractivity contribution is 0.0602. The summed E-state index contributed by atoms with van der Waals surface area (Å²) in [6.07, 6.45) is 0.802. The number of amides is 2. The van der Waals surface area contributed by atoms with Crippen molar-refractivity contribution in [3.05, 3.63) is 52.4 Å². The van der Waals surface area contributed by atoms with E-state index in [2.05, 4.69) is 10.6 Å². The molecule has 0 radical (unpaired) electrons. The fraction of sp³-hybridized carbons (Fsp3) is 0.200. The fourth-order valence-corrected chi connectivity index (χ4v) is 3.80. The van der Waals surface area contributed by atoms with Gasteiger partial charge in [0.15, 0.2) is 10.6 Å². The number of benzene rings is 2. The van der Waals surface area contributed by atoms with Gasteiger partial charge in [-0.1, -0.05) is 30.7 Å². The molecule has 0 fully saturated rings. The summed E-state index contributed by atoms with van der Waals surface area (Å²) in [5.41, 5.74) is 1.07. The molecule has 0 saturated heterocycles. The van der Waals surface area contributed by atoms with Gasteiger partial charge in [0.2, 0.25) is 0 Å². The normalized spacial score (nSPS) is 10.5. The Balaban J connectivity index is 1.87. The maximum atomic E-state index is 12.3. The first-order chi connectivity index (χ1) is 13.5. The number of carbonyl (C=O) groups is 2. The van der Waals surface area contributed by atoms with E-state index in [-0.39, 0.29) is 0 Å². The Labute approximate surface area is 171 Å². The minimum absolute atomic E-state index is 0.406. The number of rotatable bonds is 6. The van der Waals surface area contributed by atoms with E-state index < -0.39 is 12.0 Å². The van der Waals surface area contributed by atoms with Gasteiger partial charge < -0.3 is 20.1 Å². The van der Waals surface area contributed by atoms with Crippen molar-refractivity contribution in [2.75, 3.05) is 24.4 Å². The standard InChI is InChI=1S/C20H19ClN2O4S/c1-3-10-27-17-13-11-12(8-9-16(13)28-18(17)19(24)26-2)22-20(25)23-15-7-5-4-6-14(15)21/h4-9,11H,3,10H2,1-2H3,(H2,22,23,25). The van der Waals surface area contributed by atoms with Crippen LogP contribution in [0.5, 0.6) is 5.75 Å². The van der Waals surface area contributed by atoms with Gasteiger partial charge in [0.25, 0.3) is 0 Å². The lowest BCUT2D eigenvalue weighted by atomic mass is 10.2. The first kappa shape index (κ1) is 20.0. The van der Waals surface area contributed by atoms with Gasteiger partial charge in [0.1, 0.15) is 0 Å². The summed E-state index contributed by atoms with van der Waals surface area (Å²) < 4.78 is 11.5. The molecule has 6 nitrogen and oxygen atoms in total. The zero-order chi connectivity index (χ0) is 20.1. The van der Waals surface area contributed by atoms with Gasteiger partial charge in [0, 0.05) is 15.8 Å². The highest BCUT2D eigenvalue weighted by Gasteiger charge is 2.21. The number of anilines is 2. The second-order valence-electron chi connectivity index (χ2n) is 5.87. The molecular weight excluding hydrogens is 400 g/mol. The molecule has 1 heterocycles. The summed E-state index contributed by atoms with van der Waals surface area (Å²) in [6, 6.07) is 11.9. The number of fused-ring (bicyclic) bond motifs is 1. The summed E-state index contributed by atoms with van der Waals surface area (Å²) in [7, 11) is 1.34. The van der Waals surface area contributed by atoms with Crippen LogP contribution in [0.1, 0.15) is 23.0 Å². The zero-order valence-corrected chi connectivity index (χ0v) is 16.9. The Hall–Kier alpha value is -2.77. The summed E-state index contributed by atoms with van der Waals surface area (Å²) in [5, 5.41) is 6.67. The van der Waals surface area contributed by atoms with Crippen molar-refractivity contribution >= 4 is 56.4 Å². The van der Waals surface area contributed by atoms with Crippen molar-refractivity contribution < 1.29 is 19.1 Å². The molecule has 0 atom stereocenters. The van der Waals surface area contributed by atoms with Crippen LogP contribution >= 0.6 is 22.9 Å². The van der Waals surface area contributed by atoms with Gasteiger partial charge >= 0.3 is 12.0 Å². The van der Waals surface area contributed by atoms with E-state index in [4.69, 9.17) is 21.1 Å². The summed E-state index contributed by atoms with van der Waals surface area (Å²) in [5.74, 6) is 0.0298.